The minimum atomic E-state index is -3.23. The third-order valence-corrected chi connectivity index (χ3v) is 5.16. The highest BCUT2D eigenvalue weighted by molar-refractivity contribution is 7.92. The van der Waals surface area contributed by atoms with Crippen LogP contribution in [0.5, 0.6) is 0 Å². The van der Waals surface area contributed by atoms with E-state index in [4.69, 9.17) is 0 Å². The van der Waals surface area contributed by atoms with E-state index < -0.39 is 10.0 Å². The van der Waals surface area contributed by atoms with Gasteiger partial charge in [-0.05, 0) is 49.6 Å². The van der Waals surface area contributed by atoms with Crippen LogP contribution in [0, 0.1) is 0 Å². The topological polar surface area (TPSA) is 78.5 Å². The van der Waals surface area contributed by atoms with E-state index in [-0.39, 0.29) is 11.9 Å². The second-order valence-electron chi connectivity index (χ2n) is 5.57. The Kier molecular flexibility index (Phi) is 3.62. The van der Waals surface area contributed by atoms with Crippen LogP contribution in [-0.2, 0) is 21.2 Å². The number of carbonyl (C=O) groups excluding carboxylic acids is 1. The van der Waals surface area contributed by atoms with Crippen LogP contribution in [0.2, 0.25) is 0 Å². The quantitative estimate of drug-likeness (QED) is 0.861. The summed E-state index contributed by atoms with van der Waals surface area (Å²) in [7, 11) is -3.23. The molecule has 0 unspecified atom stereocenters. The van der Waals surface area contributed by atoms with Gasteiger partial charge in [-0.2, -0.15) is 0 Å². The summed E-state index contributed by atoms with van der Waals surface area (Å²) >= 11 is 0. The van der Waals surface area contributed by atoms with Gasteiger partial charge in [0.05, 0.1) is 18.0 Å². The van der Waals surface area contributed by atoms with E-state index >= 15 is 0 Å². The average molecular weight is 309 g/mol. The van der Waals surface area contributed by atoms with Crippen molar-refractivity contribution in [3.8, 4) is 0 Å². The summed E-state index contributed by atoms with van der Waals surface area (Å²) in [5, 5.41) is 6.05. The minimum Gasteiger partial charge on any atom is -0.325 e. The molecule has 3 rings (SSSR count). The van der Waals surface area contributed by atoms with Crippen LogP contribution in [0.15, 0.2) is 18.2 Å². The lowest BCUT2D eigenvalue weighted by atomic mass is 10.1. The van der Waals surface area contributed by atoms with Crippen LogP contribution in [-0.4, -0.2) is 39.7 Å². The Morgan fingerprint density at radius 3 is 2.90 bits per heavy atom. The van der Waals surface area contributed by atoms with Crippen molar-refractivity contribution in [2.75, 3.05) is 29.0 Å². The normalized spacial score (nSPS) is 21.4. The highest BCUT2D eigenvalue weighted by atomic mass is 32.2. The van der Waals surface area contributed by atoms with Crippen molar-refractivity contribution in [1.82, 2.24) is 5.32 Å². The van der Waals surface area contributed by atoms with E-state index in [0.717, 1.165) is 36.3 Å². The summed E-state index contributed by atoms with van der Waals surface area (Å²) in [6.07, 6.45) is 3.77. The fraction of sp³-hybridized carbons (Fsp3) is 0.500. The number of hydrogen-bond acceptors (Lipinski definition) is 4. The summed E-state index contributed by atoms with van der Waals surface area (Å²) in [4.78, 5) is 12.1. The van der Waals surface area contributed by atoms with Gasteiger partial charge in [-0.15, -0.1) is 0 Å². The van der Waals surface area contributed by atoms with Gasteiger partial charge in [0, 0.05) is 12.2 Å². The van der Waals surface area contributed by atoms with E-state index in [0.29, 0.717) is 13.0 Å². The number of benzene rings is 1. The Morgan fingerprint density at radius 1 is 1.43 bits per heavy atom. The Hall–Kier alpha value is -1.60. The molecule has 21 heavy (non-hydrogen) atoms. The van der Waals surface area contributed by atoms with Crippen LogP contribution in [0.3, 0.4) is 0 Å². The Bertz CT molecular complexity index is 666. The van der Waals surface area contributed by atoms with Gasteiger partial charge in [-0.3, -0.25) is 9.10 Å². The molecule has 6 nitrogen and oxygen atoms in total. The van der Waals surface area contributed by atoms with Crippen LogP contribution in [0.4, 0.5) is 11.4 Å². The van der Waals surface area contributed by atoms with Crippen LogP contribution < -0.4 is 14.9 Å². The standard InChI is InChI=1S/C14H19N3O3S/c1-21(19,20)17-8-6-10-9-11(4-5-13(10)17)16-14(18)12-3-2-7-15-12/h4-5,9,12,15H,2-3,6-8H2,1H3,(H,16,18)/t12-/m0/s1. The molecule has 1 aromatic rings. The summed E-state index contributed by atoms with van der Waals surface area (Å²) in [5.74, 6) is -0.0228. The zero-order chi connectivity index (χ0) is 15.0. The molecule has 1 fully saturated rings. The van der Waals surface area contributed by atoms with E-state index in [1.165, 1.54) is 10.6 Å². The van der Waals surface area contributed by atoms with Gasteiger partial charge in [0.2, 0.25) is 15.9 Å². The molecule has 0 radical (unpaired) electrons. The zero-order valence-corrected chi connectivity index (χ0v) is 12.7. The first-order valence-electron chi connectivity index (χ1n) is 7.10. The number of fused-ring (bicyclic) bond motifs is 1. The summed E-state index contributed by atoms with van der Waals surface area (Å²) in [5.41, 5.74) is 2.40. The number of nitrogens with one attached hydrogen (secondary N) is 2. The van der Waals surface area contributed by atoms with Gasteiger partial charge in [0.15, 0.2) is 0 Å². The number of hydrogen-bond donors (Lipinski definition) is 2. The predicted octanol–water partition coefficient (Wildman–Crippen LogP) is 0.699. The Balaban J connectivity index is 1.77. The van der Waals surface area contributed by atoms with Gasteiger partial charge in [-0.25, -0.2) is 8.42 Å². The molecule has 1 amide bonds. The summed E-state index contributed by atoms with van der Waals surface area (Å²) in [6, 6.07) is 5.27. The van der Waals surface area contributed by atoms with Crippen molar-refractivity contribution >= 4 is 27.3 Å². The molecular formula is C14H19N3O3S. The molecule has 0 aromatic heterocycles. The van der Waals surface area contributed by atoms with Gasteiger partial charge in [-0.1, -0.05) is 0 Å². The molecule has 2 aliphatic rings. The van der Waals surface area contributed by atoms with Crippen molar-refractivity contribution in [1.29, 1.82) is 0 Å². The first-order valence-corrected chi connectivity index (χ1v) is 8.95. The van der Waals surface area contributed by atoms with Crippen molar-refractivity contribution < 1.29 is 13.2 Å². The highest BCUT2D eigenvalue weighted by Gasteiger charge is 2.27. The SMILES string of the molecule is CS(=O)(=O)N1CCc2cc(NC(=O)[C@@H]3CCCN3)ccc21. The van der Waals surface area contributed by atoms with Crippen LogP contribution >= 0.6 is 0 Å². The summed E-state index contributed by atoms with van der Waals surface area (Å²) in [6.45, 7) is 1.35. The number of rotatable bonds is 3. The number of carbonyl (C=O) groups is 1. The molecular weight excluding hydrogens is 290 g/mol. The molecule has 1 atom stereocenters. The van der Waals surface area contributed by atoms with E-state index in [2.05, 4.69) is 10.6 Å². The van der Waals surface area contributed by atoms with Crippen molar-refractivity contribution in [3.05, 3.63) is 23.8 Å². The molecule has 0 bridgehead atoms. The lowest BCUT2D eigenvalue weighted by Gasteiger charge is -2.17. The largest absolute Gasteiger partial charge is 0.325 e. The molecule has 114 valence electrons. The van der Waals surface area contributed by atoms with E-state index in [1.54, 1.807) is 12.1 Å². The van der Waals surface area contributed by atoms with Gasteiger partial charge in [0.25, 0.3) is 0 Å². The Morgan fingerprint density at radius 2 is 2.24 bits per heavy atom. The molecule has 2 heterocycles. The van der Waals surface area contributed by atoms with Gasteiger partial charge in [0.1, 0.15) is 0 Å². The molecule has 2 N–H and O–H groups in total. The van der Waals surface area contributed by atoms with Crippen molar-refractivity contribution in [2.24, 2.45) is 0 Å². The van der Waals surface area contributed by atoms with Crippen molar-refractivity contribution in [2.45, 2.75) is 25.3 Å². The van der Waals surface area contributed by atoms with Gasteiger partial charge >= 0.3 is 0 Å². The second kappa shape index (κ2) is 5.31. The molecule has 0 saturated carbocycles. The maximum Gasteiger partial charge on any atom is 0.241 e. The van der Waals surface area contributed by atoms with Crippen LogP contribution in [0.1, 0.15) is 18.4 Å². The monoisotopic (exact) mass is 309 g/mol. The number of amides is 1. The average Bonchev–Trinajstić information content (AvgIpc) is 3.06. The number of anilines is 2. The van der Waals surface area contributed by atoms with Gasteiger partial charge < -0.3 is 10.6 Å². The molecule has 0 aliphatic carbocycles. The lowest BCUT2D eigenvalue weighted by molar-refractivity contribution is -0.117. The molecule has 1 saturated heterocycles. The third kappa shape index (κ3) is 2.89. The second-order valence-corrected chi connectivity index (χ2v) is 7.47. The molecule has 1 aromatic carbocycles. The maximum absolute atomic E-state index is 12.1. The van der Waals surface area contributed by atoms with E-state index in [1.807, 2.05) is 6.07 Å². The molecule has 0 spiro atoms. The fourth-order valence-corrected chi connectivity index (χ4v) is 3.89. The number of nitrogens with zero attached hydrogens (tertiary/aromatic N) is 1. The predicted molar refractivity (Wildman–Crippen MR) is 82.0 cm³/mol. The third-order valence-electron chi connectivity index (χ3n) is 3.98. The maximum atomic E-state index is 12.1. The fourth-order valence-electron chi connectivity index (χ4n) is 2.93. The van der Waals surface area contributed by atoms with Crippen molar-refractivity contribution in [3.63, 3.8) is 0 Å². The Labute approximate surface area is 124 Å². The zero-order valence-electron chi connectivity index (χ0n) is 11.9. The van der Waals surface area contributed by atoms with Crippen LogP contribution in [0.25, 0.3) is 0 Å². The smallest absolute Gasteiger partial charge is 0.241 e. The first-order chi connectivity index (χ1) is 9.95. The molecule has 7 heteroatoms. The minimum absolute atomic E-state index is 0.0228. The van der Waals surface area contributed by atoms with E-state index in [9.17, 15) is 13.2 Å². The molecule has 2 aliphatic heterocycles. The summed E-state index contributed by atoms with van der Waals surface area (Å²) < 4.78 is 24.8. The first kappa shape index (κ1) is 14.3. The number of sulfonamides is 1. The lowest BCUT2D eigenvalue weighted by Crippen LogP contribution is -2.35. The highest BCUT2D eigenvalue weighted by Crippen LogP contribution is 2.32.